The van der Waals surface area contributed by atoms with Crippen molar-refractivity contribution >= 4 is 5.78 Å². The molecule has 11 atom stereocenters. The Labute approximate surface area is 266 Å². The zero-order valence-electron chi connectivity index (χ0n) is 28.2. The Kier molecular flexibility index (Phi) is 8.66. The van der Waals surface area contributed by atoms with Gasteiger partial charge in [0.1, 0.15) is 0 Å². The van der Waals surface area contributed by atoms with Crippen molar-refractivity contribution in [3.63, 3.8) is 0 Å². The van der Waals surface area contributed by atoms with Crippen LogP contribution in [0.2, 0.25) is 0 Å². The normalized spacial score (nSPS) is 47.5. The van der Waals surface area contributed by atoms with E-state index in [-0.39, 0.29) is 16.4 Å². The SMILES string of the molecule is COCCOCCOCCOCCN1C[C@@H](C)C[C@H]2O[C@]3(CCC4[C@@H]5CCC6=CC(=O)CC[C@]6(C)[C@H]5CC45CC53C)[C@H](C)[C@@H]21. The van der Waals surface area contributed by atoms with Crippen molar-refractivity contribution in [2.45, 2.75) is 103 Å². The number of likely N-dealkylation sites (tertiary alicyclic amines) is 1. The Balaban J connectivity index is 0.985. The molecule has 44 heavy (non-hydrogen) atoms. The molecule has 0 aromatic heterocycles. The molecule has 0 aromatic rings. The number of hydrogen-bond acceptors (Lipinski definition) is 7. The molecular formula is C37H59NO6. The predicted molar refractivity (Wildman–Crippen MR) is 169 cm³/mol. The number of nitrogens with zero attached hydrogens (tertiary/aromatic N) is 1. The number of piperidine rings is 1. The third-order valence-corrected chi connectivity index (χ3v) is 14.5. The summed E-state index contributed by atoms with van der Waals surface area (Å²) in [4.78, 5) is 15.1. The first-order chi connectivity index (χ1) is 21.2. The van der Waals surface area contributed by atoms with Crippen LogP contribution in [0.5, 0.6) is 0 Å². The Morgan fingerprint density at radius 1 is 0.932 bits per heavy atom. The lowest BCUT2D eigenvalue weighted by molar-refractivity contribution is -0.148. The van der Waals surface area contributed by atoms with E-state index in [0.29, 0.717) is 74.8 Å². The van der Waals surface area contributed by atoms with Crippen LogP contribution in [-0.4, -0.2) is 94.9 Å². The van der Waals surface area contributed by atoms with E-state index in [1.807, 2.05) is 0 Å². The Morgan fingerprint density at radius 3 is 2.41 bits per heavy atom. The van der Waals surface area contributed by atoms with Crippen LogP contribution in [0.1, 0.15) is 85.5 Å². The van der Waals surface area contributed by atoms with Gasteiger partial charge in [-0.25, -0.2) is 0 Å². The van der Waals surface area contributed by atoms with Gasteiger partial charge in [0.15, 0.2) is 5.78 Å². The second kappa shape index (κ2) is 12.0. The minimum absolute atomic E-state index is 0.00321. The average Bonchev–Trinajstić information content (AvgIpc) is 3.34. The number of carbonyl (C=O) groups excluding carboxylic acids is 1. The second-order valence-corrected chi connectivity index (χ2v) is 16.4. The standard InChI is InChI=1S/C37H59NO6/c1-25-20-32-33(38(23-25)12-13-41-16-17-43-19-18-42-15-14-40-5)26(2)37(44-32)11-9-30-29-7-6-27-21-28(39)8-10-34(27,3)31(29)22-36(30)24-35(36,37)4/h21,25-26,29-33H,6-20,22-24H2,1-5H3/t25-,26+,29-,30?,31-,32+,33-,34-,35?,36?,37+/m0/s1. The zero-order chi connectivity index (χ0) is 30.7. The highest BCUT2D eigenvalue weighted by atomic mass is 16.6. The van der Waals surface area contributed by atoms with Gasteiger partial charge in [0.25, 0.3) is 0 Å². The molecule has 7 heteroatoms. The van der Waals surface area contributed by atoms with E-state index < -0.39 is 0 Å². The summed E-state index contributed by atoms with van der Waals surface area (Å²) in [5.74, 6) is 3.98. The highest BCUT2D eigenvalue weighted by molar-refractivity contribution is 5.91. The molecule has 0 radical (unpaired) electrons. The molecule has 7 rings (SSSR count). The monoisotopic (exact) mass is 613 g/mol. The van der Waals surface area contributed by atoms with Crippen molar-refractivity contribution in [2.24, 2.45) is 45.8 Å². The van der Waals surface area contributed by atoms with Gasteiger partial charge in [-0.3, -0.25) is 9.69 Å². The molecule has 7 aliphatic rings. The van der Waals surface area contributed by atoms with Gasteiger partial charge >= 0.3 is 0 Å². The maximum Gasteiger partial charge on any atom is 0.155 e. The second-order valence-electron chi connectivity index (χ2n) is 16.4. The van der Waals surface area contributed by atoms with Crippen molar-refractivity contribution < 1.29 is 28.5 Å². The first-order valence-corrected chi connectivity index (χ1v) is 18.1. The maximum absolute atomic E-state index is 12.4. The Hall–Kier alpha value is -0.830. The number of methoxy groups -OCH3 is 1. The molecule has 2 aliphatic heterocycles. The van der Waals surface area contributed by atoms with Crippen LogP contribution < -0.4 is 0 Å². The average molecular weight is 614 g/mol. The quantitative estimate of drug-likeness (QED) is 0.262. The highest BCUT2D eigenvalue weighted by Gasteiger charge is 2.84. The van der Waals surface area contributed by atoms with Crippen LogP contribution >= 0.6 is 0 Å². The largest absolute Gasteiger partial charge is 0.382 e. The predicted octanol–water partition coefficient (Wildman–Crippen LogP) is 5.70. The van der Waals surface area contributed by atoms with E-state index in [9.17, 15) is 4.79 Å². The number of allylic oxidation sites excluding steroid dienone is 2. The molecule has 248 valence electrons. The maximum atomic E-state index is 12.4. The molecule has 5 aliphatic carbocycles. The van der Waals surface area contributed by atoms with Gasteiger partial charge in [0.2, 0.25) is 0 Å². The summed E-state index contributed by atoms with van der Waals surface area (Å²) in [6, 6.07) is 0.487. The van der Waals surface area contributed by atoms with Crippen LogP contribution in [-0.2, 0) is 28.5 Å². The van der Waals surface area contributed by atoms with Crippen molar-refractivity contribution in [1.29, 1.82) is 0 Å². The molecule has 2 heterocycles. The van der Waals surface area contributed by atoms with Crippen molar-refractivity contribution in [3.05, 3.63) is 11.6 Å². The van der Waals surface area contributed by atoms with Gasteiger partial charge in [-0.1, -0.05) is 33.3 Å². The van der Waals surface area contributed by atoms with E-state index in [2.05, 4.69) is 38.7 Å². The van der Waals surface area contributed by atoms with Crippen LogP contribution in [0.4, 0.5) is 0 Å². The van der Waals surface area contributed by atoms with Gasteiger partial charge < -0.3 is 23.7 Å². The topological polar surface area (TPSA) is 66.5 Å². The third kappa shape index (κ3) is 4.84. The molecule has 0 bridgehead atoms. The van der Waals surface area contributed by atoms with Crippen LogP contribution in [0.25, 0.3) is 0 Å². The van der Waals surface area contributed by atoms with E-state index in [1.54, 1.807) is 7.11 Å². The van der Waals surface area contributed by atoms with Crippen LogP contribution in [0, 0.1) is 45.8 Å². The lowest BCUT2D eigenvalue weighted by Gasteiger charge is -2.50. The molecule has 4 saturated carbocycles. The fraction of sp³-hybridized carbons (Fsp3) is 0.919. The minimum Gasteiger partial charge on any atom is -0.382 e. The zero-order valence-corrected chi connectivity index (χ0v) is 28.2. The minimum atomic E-state index is -0.00321. The van der Waals surface area contributed by atoms with E-state index >= 15 is 0 Å². The van der Waals surface area contributed by atoms with Gasteiger partial charge in [-0.15, -0.1) is 0 Å². The molecule has 3 unspecified atom stereocenters. The van der Waals surface area contributed by atoms with Gasteiger partial charge in [-0.2, -0.15) is 0 Å². The van der Waals surface area contributed by atoms with Crippen LogP contribution in [0.15, 0.2) is 11.6 Å². The smallest absolute Gasteiger partial charge is 0.155 e. The summed E-state index contributed by atoms with van der Waals surface area (Å²) in [6.07, 6.45) is 13.1. The van der Waals surface area contributed by atoms with Crippen molar-refractivity contribution in [3.8, 4) is 0 Å². The summed E-state index contributed by atoms with van der Waals surface area (Å²) < 4.78 is 29.7. The molecule has 0 amide bonds. The lowest BCUT2D eigenvalue weighted by atomic mass is 9.56. The van der Waals surface area contributed by atoms with E-state index in [4.69, 9.17) is 23.7 Å². The number of rotatable bonds is 12. The van der Waals surface area contributed by atoms with Gasteiger partial charge in [0.05, 0.1) is 58.0 Å². The van der Waals surface area contributed by atoms with E-state index in [0.717, 1.165) is 56.7 Å². The number of ketones is 1. The summed E-state index contributed by atoms with van der Waals surface area (Å²) in [7, 11) is 1.68. The molecule has 0 aromatic carbocycles. The van der Waals surface area contributed by atoms with Crippen molar-refractivity contribution in [2.75, 3.05) is 66.4 Å². The molecule has 2 saturated heterocycles. The fourth-order valence-corrected chi connectivity index (χ4v) is 12.5. The number of carbonyl (C=O) groups is 1. The Bertz CT molecular complexity index is 1110. The van der Waals surface area contributed by atoms with Crippen LogP contribution in [0.3, 0.4) is 0 Å². The first kappa shape index (κ1) is 31.8. The van der Waals surface area contributed by atoms with Gasteiger partial charge in [0, 0.05) is 44.0 Å². The first-order valence-electron chi connectivity index (χ1n) is 18.1. The number of ether oxygens (including phenoxy) is 5. The highest BCUT2D eigenvalue weighted by Crippen LogP contribution is 2.87. The molecule has 6 fully saturated rings. The van der Waals surface area contributed by atoms with Crippen molar-refractivity contribution in [1.82, 2.24) is 4.90 Å². The number of hydrogen-bond donors (Lipinski definition) is 0. The Morgan fingerprint density at radius 2 is 1.66 bits per heavy atom. The summed E-state index contributed by atoms with van der Waals surface area (Å²) >= 11 is 0. The molecule has 0 N–H and O–H groups in total. The molecular weight excluding hydrogens is 554 g/mol. The molecule has 7 nitrogen and oxygen atoms in total. The lowest BCUT2D eigenvalue weighted by Crippen LogP contribution is -2.55. The fourth-order valence-electron chi connectivity index (χ4n) is 12.5. The van der Waals surface area contributed by atoms with E-state index in [1.165, 1.54) is 44.1 Å². The summed E-state index contributed by atoms with van der Waals surface area (Å²) in [6.45, 7) is 16.6. The summed E-state index contributed by atoms with van der Waals surface area (Å²) in [5, 5.41) is 0. The summed E-state index contributed by atoms with van der Waals surface area (Å²) in [5.41, 5.74) is 2.44. The van der Waals surface area contributed by atoms with Gasteiger partial charge in [-0.05, 0) is 91.9 Å². The molecule has 2 spiro atoms. The number of fused-ring (bicyclic) bond motifs is 6. The third-order valence-electron chi connectivity index (χ3n) is 14.5.